The van der Waals surface area contributed by atoms with Gasteiger partial charge in [0.1, 0.15) is 12.2 Å². The van der Waals surface area contributed by atoms with E-state index in [0.29, 0.717) is 20.2 Å². The first-order valence-corrected chi connectivity index (χ1v) is 14.3. The number of hydrogen-bond acceptors (Lipinski definition) is 7. The molecule has 2 unspecified atom stereocenters. The summed E-state index contributed by atoms with van der Waals surface area (Å²) in [4.78, 5) is 25.7. The maximum atomic E-state index is 13.9. The highest BCUT2D eigenvalue weighted by Gasteiger charge is 2.61. The van der Waals surface area contributed by atoms with Gasteiger partial charge in [-0.05, 0) is 97.3 Å². The molecule has 18 heteroatoms. The van der Waals surface area contributed by atoms with Gasteiger partial charge in [-0.3, -0.25) is 4.79 Å². The molecule has 0 radical (unpaired) electrons. The summed E-state index contributed by atoms with van der Waals surface area (Å²) in [6.45, 7) is 1.82. The Morgan fingerprint density at radius 3 is 1.94 bits per heavy atom. The molecule has 2 rings (SSSR count). The molecular formula is C16H11F5I4NO7S-. The van der Waals surface area contributed by atoms with Gasteiger partial charge in [0, 0.05) is 20.7 Å². The van der Waals surface area contributed by atoms with Gasteiger partial charge >= 0.3 is 17.4 Å². The van der Waals surface area contributed by atoms with Crippen molar-refractivity contribution in [3.63, 3.8) is 0 Å². The van der Waals surface area contributed by atoms with E-state index in [4.69, 9.17) is 9.47 Å². The van der Waals surface area contributed by atoms with E-state index in [9.17, 15) is 44.5 Å². The molecule has 1 aromatic rings. The Labute approximate surface area is 244 Å². The molecule has 0 spiro atoms. The van der Waals surface area contributed by atoms with E-state index in [1.165, 1.54) is 22.6 Å². The zero-order chi connectivity index (χ0) is 26.4. The number of alkyl halides is 5. The van der Waals surface area contributed by atoms with Gasteiger partial charge in [0.05, 0.1) is 17.7 Å². The summed E-state index contributed by atoms with van der Waals surface area (Å²) < 4.78 is 111. The predicted molar refractivity (Wildman–Crippen MR) is 139 cm³/mol. The van der Waals surface area contributed by atoms with E-state index >= 15 is 0 Å². The first-order valence-electron chi connectivity index (χ1n) is 8.62. The van der Waals surface area contributed by atoms with E-state index in [1.807, 2.05) is 22.6 Å². The summed E-state index contributed by atoms with van der Waals surface area (Å²) in [5.41, 5.74) is -2.05. The minimum Gasteiger partial charge on any atom is -0.743 e. The molecule has 1 aliphatic heterocycles. The third kappa shape index (κ3) is 6.35. The highest BCUT2D eigenvalue weighted by atomic mass is 127. The lowest BCUT2D eigenvalue weighted by molar-refractivity contribution is -0.191. The molecule has 1 saturated heterocycles. The number of rotatable bonds is 7. The van der Waals surface area contributed by atoms with Gasteiger partial charge in [0.2, 0.25) is 6.04 Å². The van der Waals surface area contributed by atoms with Crippen molar-refractivity contribution in [3.05, 3.63) is 25.4 Å². The summed E-state index contributed by atoms with van der Waals surface area (Å²) >= 11 is 6.72. The zero-order valence-electron chi connectivity index (χ0n) is 16.4. The molecule has 8 nitrogen and oxygen atoms in total. The van der Waals surface area contributed by atoms with Gasteiger partial charge in [0.15, 0.2) is 10.1 Å². The van der Waals surface area contributed by atoms with Gasteiger partial charge in [-0.25, -0.2) is 13.2 Å². The molecule has 0 bridgehead atoms. The maximum absolute atomic E-state index is 13.9. The first-order chi connectivity index (χ1) is 15.2. The van der Waals surface area contributed by atoms with Gasteiger partial charge in [-0.1, -0.05) is 0 Å². The van der Waals surface area contributed by atoms with Crippen molar-refractivity contribution in [2.45, 2.75) is 36.4 Å². The van der Waals surface area contributed by atoms with E-state index in [0.717, 1.165) is 5.32 Å². The second-order valence-electron chi connectivity index (χ2n) is 7.09. The molecule has 1 N–H and O–H groups in total. The molecule has 0 aromatic heterocycles. The van der Waals surface area contributed by atoms with Crippen LogP contribution in [0, 0.1) is 14.3 Å². The normalized spacial score (nSPS) is 19.9. The van der Waals surface area contributed by atoms with Gasteiger partial charge in [0.25, 0.3) is 5.91 Å². The van der Waals surface area contributed by atoms with Gasteiger partial charge in [-0.2, -0.15) is 22.0 Å². The quantitative estimate of drug-likeness (QED) is 0.109. The van der Waals surface area contributed by atoms with Gasteiger partial charge < -0.3 is 19.3 Å². The Morgan fingerprint density at radius 1 is 1.09 bits per heavy atom. The summed E-state index contributed by atoms with van der Waals surface area (Å²) in [5, 5.41) is -5.04. The van der Waals surface area contributed by atoms with Crippen LogP contribution in [-0.2, 0) is 19.6 Å². The Hall–Kier alpha value is 0.600. The number of hydrogen-bond donors (Lipinski definition) is 1. The van der Waals surface area contributed by atoms with E-state index in [2.05, 4.69) is 0 Å². The number of esters is 1. The lowest BCUT2D eigenvalue weighted by Gasteiger charge is -2.37. The number of carbonyl (C=O) groups is 2. The summed E-state index contributed by atoms with van der Waals surface area (Å²) in [6, 6.07) is -4.37. The molecule has 192 valence electrons. The summed E-state index contributed by atoms with van der Waals surface area (Å²) in [7, 11) is -6.82. The van der Waals surface area contributed by atoms with Crippen molar-refractivity contribution < 1.29 is 54.0 Å². The Bertz CT molecular complexity index is 1130. The lowest BCUT2D eigenvalue weighted by Crippen LogP contribution is -2.59. The monoisotopic (exact) mass is 964 g/mol. The number of halogens is 9. The zero-order valence-corrected chi connectivity index (χ0v) is 25.8. The second-order valence-corrected chi connectivity index (χ2v) is 12.9. The average Bonchev–Trinajstić information content (AvgIpc) is 2.67. The van der Waals surface area contributed by atoms with Crippen LogP contribution in [-0.4, -0.2) is 61.1 Å². The number of ether oxygens (including phenoxy) is 2. The van der Waals surface area contributed by atoms with Crippen LogP contribution in [0.4, 0.5) is 22.0 Å². The third-order valence-electron chi connectivity index (χ3n) is 4.56. The highest BCUT2D eigenvalue weighted by molar-refractivity contribution is 14.1. The fourth-order valence-corrected chi connectivity index (χ4v) is 6.73. The standard InChI is InChI=1S/C16H12F5I4NO7S/c1-14(2-3-33-14)4-32-12(28)6-5(7(22)9(24)10(25)8(6)23)11(27)26-13(15(17,18)19)16(20,21)34(29,30)31/h13H,2-4H2,1H3,(H,26,27)(H,29,30,31)/p-1. The lowest BCUT2D eigenvalue weighted by atomic mass is 9.99. The Morgan fingerprint density at radius 2 is 1.56 bits per heavy atom. The number of benzene rings is 1. The molecule has 0 aliphatic carbocycles. The molecule has 34 heavy (non-hydrogen) atoms. The SMILES string of the molecule is CC1(COC(=O)c2c(I)c(I)c(I)c(I)c2C(=O)NC(C(F)(F)F)C(F)(F)S(=O)(=O)[O-])CCO1. The van der Waals surface area contributed by atoms with Crippen LogP contribution in [0.25, 0.3) is 0 Å². The number of nitrogens with one attached hydrogen (secondary N) is 1. The van der Waals surface area contributed by atoms with Crippen molar-refractivity contribution in [1.82, 2.24) is 5.32 Å². The molecule has 1 amide bonds. The Balaban J connectivity index is 2.57. The van der Waals surface area contributed by atoms with Crippen LogP contribution in [0.1, 0.15) is 34.1 Å². The van der Waals surface area contributed by atoms with Crippen molar-refractivity contribution in [2.24, 2.45) is 0 Å². The van der Waals surface area contributed by atoms with E-state index in [-0.39, 0.29) is 13.7 Å². The van der Waals surface area contributed by atoms with Gasteiger partial charge in [-0.15, -0.1) is 0 Å². The van der Waals surface area contributed by atoms with Crippen molar-refractivity contribution in [2.75, 3.05) is 13.2 Å². The van der Waals surface area contributed by atoms with Crippen molar-refractivity contribution >= 4 is 112 Å². The molecule has 1 aromatic carbocycles. The van der Waals surface area contributed by atoms with Crippen LogP contribution >= 0.6 is 90.4 Å². The van der Waals surface area contributed by atoms with Crippen LogP contribution in [0.15, 0.2) is 0 Å². The molecule has 1 aliphatic rings. The largest absolute Gasteiger partial charge is 0.743 e. The van der Waals surface area contributed by atoms with Crippen LogP contribution in [0.2, 0.25) is 0 Å². The first kappa shape index (κ1) is 30.8. The second kappa shape index (κ2) is 10.8. The summed E-state index contributed by atoms with van der Waals surface area (Å²) in [5.74, 6) is -2.98. The van der Waals surface area contributed by atoms with E-state index < -0.39 is 56.2 Å². The minimum absolute atomic E-state index is 0.0761. The molecule has 0 saturated carbocycles. The molecule has 1 heterocycles. The van der Waals surface area contributed by atoms with Crippen molar-refractivity contribution in [1.29, 1.82) is 0 Å². The fourth-order valence-electron chi connectivity index (χ4n) is 2.60. The fraction of sp³-hybridized carbons (Fsp3) is 0.500. The highest BCUT2D eigenvalue weighted by Crippen LogP contribution is 2.38. The third-order valence-corrected chi connectivity index (χ3v) is 12.9. The summed E-state index contributed by atoms with van der Waals surface area (Å²) in [6.07, 6.45) is -5.47. The Kier molecular flexibility index (Phi) is 9.76. The molecule has 2 atom stereocenters. The van der Waals surface area contributed by atoms with Crippen molar-refractivity contribution in [3.8, 4) is 0 Å². The van der Waals surface area contributed by atoms with Crippen LogP contribution in [0.5, 0.6) is 0 Å². The van der Waals surface area contributed by atoms with Crippen LogP contribution in [0.3, 0.4) is 0 Å². The average molecular weight is 964 g/mol. The molecule has 1 fully saturated rings. The smallest absolute Gasteiger partial charge is 0.415 e. The molecular weight excluding hydrogens is 953 g/mol. The number of amides is 1. The van der Waals surface area contributed by atoms with E-state index in [1.54, 1.807) is 52.1 Å². The number of carbonyl (C=O) groups excluding carboxylic acids is 2. The predicted octanol–water partition coefficient (Wildman–Crippen LogP) is 4.24. The topological polar surface area (TPSA) is 122 Å². The minimum atomic E-state index is -6.82. The van der Waals surface area contributed by atoms with Crippen LogP contribution < -0.4 is 5.32 Å². The maximum Gasteiger partial charge on any atom is 0.415 e.